The topological polar surface area (TPSA) is 29.5 Å². The normalized spacial score (nSPS) is 9.58. The third kappa shape index (κ3) is 4.98. The maximum Gasteiger partial charge on any atom is 0.104 e. The summed E-state index contributed by atoms with van der Waals surface area (Å²) in [6, 6.07) is 15.9. The van der Waals surface area contributed by atoms with Crippen LogP contribution in [-0.2, 0) is 39.3 Å². The van der Waals surface area contributed by atoms with Crippen molar-refractivity contribution in [1.82, 2.24) is 0 Å². The standard InChI is InChI=1S/C16H17O2.Y/c1-2-18-16-9-7-14(8-10-16)11-13-3-5-15(12-17)6-4-13;/h3-11,17H,2,12H2,1H3;/q-1;. The predicted octanol–water partition coefficient (Wildman–Crippen LogP) is 3.18. The van der Waals surface area contributed by atoms with Crippen molar-refractivity contribution in [3.8, 4) is 5.75 Å². The van der Waals surface area contributed by atoms with E-state index in [0.29, 0.717) is 6.61 Å². The third-order valence-electron chi connectivity index (χ3n) is 2.69. The van der Waals surface area contributed by atoms with Gasteiger partial charge in [0.15, 0.2) is 0 Å². The molecule has 97 valence electrons. The molecular formula is C16H17O2Y-. The Kier molecular flexibility index (Phi) is 7.15. The van der Waals surface area contributed by atoms with Crippen molar-refractivity contribution < 1.29 is 42.6 Å². The van der Waals surface area contributed by atoms with E-state index < -0.39 is 0 Å². The van der Waals surface area contributed by atoms with Crippen LogP contribution in [-0.4, -0.2) is 11.7 Å². The summed E-state index contributed by atoms with van der Waals surface area (Å²) in [6.45, 7) is 2.75. The van der Waals surface area contributed by atoms with Crippen LogP contribution in [0.4, 0.5) is 0 Å². The predicted molar refractivity (Wildman–Crippen MR) is 72.5 cm³/mol. The van der Waals surface area contributed by atoms with Gasteiger partial charge in [0.05, 0.1) is 13.2 Å². The summed E-state index contributed by atoms with van der Waals surface area (Å²) in [6.07, 6.45) is 2.09. The van der Waals surface area contributed by atoms with Crippen molar-refractivity contribution in [3.05, 3.63) is 71.6 Å². The first-order valence-corrected chi connectivity index (χ1v) is 6.09. The zero-order chi connectivity index (χ0) is 12.8. The summed E-state index contributed by atoms with van der Waals surface area (Å²) in [5, 5.41) is 8.98. The van der Waals surface area contributed by atoms with Gasteiger partial charge in [0, 0.05) is 32.7 Å². The molecule has 0 spiro atoms. The van der Waals surface area contributed by atoms with Gasteiger partial charge in [0.1, 0.15) is 5.75 Å². The smallest absolute Gasteiger partial charge is 0.104 e. The second kappa shape index (κ2) is 8.37. The van der Waals surface area contributed by atoms with E-state index in [1.807, 2.05) is 55.5 Å². The van der Waals surface area contributed by atoms with Crippen molar-refractivity contribution in [3.63, 3.8) is 0 Å². The summed E-state index contributed by atoms with van der Waals surface area (Å²) in [4.78, 5) is 0. The minimum Gasteiger partial charge on any atom is -0.495 e. The van der Waals surface area contributed by atoms with E-state index in [1.54, 1.807) is 0 Å². The van der Waals surface area contributed by atoms with Crippen LogP contribution in [0.2, 0.25) is 0 Å². The minimum absolute atomic E-state index is 0. The van der Waals surface area contributed by atoms with Crippen molar-refractivity contribution >= 4 is 0 Å². The Morgan fingerprint density at radius 2 is 1.47 bits per heavy atom. The molecular weight excluding hydrogens is 313 g/mol. The molecule has 19 heavy (non-hydrogen) atoms. The number of ether oxygens (including phenoxy) is 1. The van der Waals surface area contributed by atoms with E-state index in [-0.39, 0.29) is 39.3 Å². The van der Waals surface area contributed by atoms with Crippen LogP contribution >= 0.6 is 0 Å². The molecule has 0 amide bonds. The molecule has 0 aliphatic rings. The van der Waals surface area contributed by atoms with Gasteiger partial charge in [-0.25, -0.2) is 0 Å². The van der Waals surface area contributed by atoms with Crippen molar-refractivity contribution in [2.45, 2.75) is 13.5 Å². The Balaban J connectivity index is 0.00000180. The van der Waals surface area contributed by atoms with Gasteiger partial charge in [-0.1, -0.05) is 24.3 Å². The average Bonchev–Trinajstić information content (AvgIpc) is 2.42. The number of aliphatic hydroxyl groups excluding tert-OH is 1. The maximum atomic E-state index is 8.98. The molecule has 0 aromatic heterocycles. The van der Waals surface area contributed by atoms with Gasteiger partial charge in [0.2, 0.25) is 0 Å². The Labute approximate surface area is 139 Å². The molecule has 1 N–H and O–H groups in total. The van der Waals surface area contributed by atoms with Gasteiger partial charge in [-0.3, -0.25) is 0 Å². The van der Waals surface area contributed by atoms with Gasteiger partial charge < -0.3 is 9.84 Å². The van der Waals surface area contributed by atoms with Crippen LogP contribution in [0.3, 0.4) is 0 Å². The molecule has 0 aliphatic carbocycles. The van der Waals surface area contributed by atoms with Crippen LogP contribution < -0.4 is 4.74 Å². The fourth-order valence-corrected chi connectivity index (χ4v) is 1.74. The van der Waals surface area contributed by atoms with Crippen LogP contribution in [0, 0.1) is 6.42 Å². The molecule has 0 atom stereocenters. The number of rotatable bonds is 5. The van der Waals surface area contributed by atoms with E-state index in [2.05, 4.69) is 6.42 Å². The van der Waals surface area contributed by atoms with E-state index in [4.69, 9.17) is 9.84 Å². The van der Waals surface area contributed by atoms with Gasteiger partial charge in [0.25, 0.3) is 0 Å². The van der Waals surface area contributed by atoms with Crippen LogP contribution in [0.15, 0.2) is 48.5 Å². The maximum absolute atomic E-state index is 8.98. The zero-order valence-electron chi connectivity index (χ0n) is 11.0. The number of benzene rings is 2. The SMILES string of the molecule is CCOc1ccc([CH-]c2ccc(CO)cc2)cc1.[Y]. The Morgan fingerprint density at radius 1 is 0.947 bits per heavy atom. The van der Waals surface area contributed by atoms with E-state index in [1.165, 1.54) is 0 Å². The Hall–Kier alpha value is -0.826. The first-order chi connectivity index (χ1) is 8.81. The van der Waals surface area contributed by atoms with E-state index in [0.717, 1.165) is 22.4 Å². The molecule has 0 saturated carbocycles. The quantitative estimate of drug-likeness (QED) is 0.854. The van der Waals surface area contributed by atoms with E-state index in [9.17, 15) is 0 Å². The van der Waals surface area contributed by atoms with Gasteiger partial charge in [-0.05, 0) is 12.5 Å². The van der Waals surface area contributed by atoms with Crippen molar-refractivity contribution in [2.24, 2.45) is 0 Å². The molecule has 0 heterocycles. The second-order valence-corrected chi connectivity index (χ2v) is 4.05. The van der Waals surface area contributed by atoms with Gasteiger partial charge in [-0.15, -0.1) is 41.8 Å². The van der Waals surface area contributed by atoms with Crippen LogP contribution in [0.1, 0.15) is 23.6 Å². The third-order valence-corrected chi connectivity index (χ3v) is 2.69. The molecule has 3 heteroatoms. The second-order valence-electron chi connectivity index (χ2n) is 4.05. The number of hydrogen-bond acceptors (Lipinski definition) is 2. The van der Waals surface area contributed by atoms with Crippen molar-refractivity contribution in [2.75, 3.05) is 6.61 Å². The average molecular weight is 330 g/mol. The molecule has 0 unspecified atom stereocenters. The summed E-state index contributed by atoms with van der Waals surface area (Å²) < 4.78 is 5.40. The minimum atomic E-state index is 0. The molecule has 1 radical (unpaired) electrons. The zero-order valence-corrected chi connectivity index (χ0v) is 13.9. The Bertz CT molecular complexity index is 477. The van der Waals surface area contributed by atoms with Gasteiger partial charge in [-0.2, -0.15) is 0 Å². The summed E-state index contributed by atoms with van der Waals surface area (Å²) in [7, 11) is 0. The summed E-state index contributed by atoms with van der Waals surface area (Å²) >= 11 is 0. The molecule has 2 aromatic rings. The molecule has 2 rings (SSSR count). The summed E-state index contributed by atoms with van der Waals surface area (Å²) in [5.41, 5.74) is 3.19. The molecule has 2 nitrogen and oxygen atoms in total. The van der Waals surface area contributed by atoms with E-state index >= 15 is 0 Å². The monoisotopic (exact) mass is 330 g/mol. The summed E-state index contributed by atoms with van der Waals surface area (Å²) in [5.74, 6) is 0.894. The number of aliphatic hydroxyl groups is 1. The molecule has 0 bridgehead atoms. The largest absolute Gasteiger partial charge is 0.495 e. The first-order valence-electron chi connectivity index (χ1n) is 6.09. The molecule has 0 saturated heterocycles. The van der Waals surface area contributed by atoms with Crippen LogP contribution in [0.5, 0.6) is 5.75 Å². The fraction of sp³-hybridized carbons (Fsp3) is 0.188. The molecule has 0 fully saturated rings. The molecule has 2 aromatic carbocycles. The first kappa shape index (κ1) is 16.2. The van der Waals surface area contributed by atoms with Crippen molar-refractivity contribution in [1.29, 1.82) is 0 Å². The Morgan fingerprint density at radius 3 is 1.95 bits per heavy atom. The fourth-order valence-electron chi connectivity index (χ4n) is 1.74. The number of hydrogen-bond donors (Lipinski definition) is 1. The van der Waals surface area contributed by atoms with Crippen LogP contribution in [0.25, 0.3) is 0 Å². The molecule has 0 aliphatic heterocycles. The van der Waals surface area contributed by atoms with Gasteiger partial charge >= 0.3 is 0 Å².